The van der Waals surface area contributed by atoms with Crippen LogP contribution < -0.4 is 49.5 Å². The van der Waals surface area contributed by atoms with Gasteiger partial charge in [-0.25, -0.2) is 0 Å². The van der Waals surface area contributed by atoms with Crippen LogP contribution in [0.5, 0.6) is 46.0 Å². The van der Waals surface area contributed by atoms with Gasteiger partial charge in [0.15, 0.2) is 36.8 Å². The summed E-state index contributed by atoms with van der Waals surface area (Å²) in [6.45, 7) is 0. The van der Waals surface area contributed by atoms with E-state index in [0.717, 1.165) is 113 Å². The van der Waals surface area contributed by atoms with Gasteiger partial charge in [-0.1, -0.05) is 115 Å². The number of para-hydroxylation sites is 10. The van der Waals surface area contributed by atoms with Crippen molar-refractivity contribution in [3.8, 4) is 51.7 Å². The van der Waals surface area contributed by atoms with Crippen molar-refractivity contribution >= 4 is 84.8 Å². The molecule has 0 spiro atoms. The van der Waals surface area contributed by atoms with Crippen molar-refractivity contribution in [1.82, 2.24) is 4.57 Å². The SMILES string of the molecule is c1ccc([Si]23c4ccccc4Oc4cccc(c42)Oc2c(-n4c5ccc(N6c7ccccc7Oc7ccccc76)cc5c5cc(N6c7ccccc7Oc7ccccc76)ccc54)cccc23)cc1. The Kier molecular flexibility index (Phi) is 7.68. The Bertz CT molecular complexity index is 3680. The lowest BCUT2D eigenvalue weighted by atomic mass is 10.1. The van der Waals surface area contributed by atoms with Gasteiger partial charge in [0, 0.05) is 27.3 Å². The molecule has 0 radical (unpaired) electrons. The maximum atomic E-state index is 7.32. The minimum atomic E-state index is -3.03. The van der Waals surface area contributed by atoms with Gasteiger partial charge in [-0.15, -0.1) is 0 Å². The van der Waals surface area contributed by atoms with Crippen LogP contribution in [0.25, 0.3) is 27.5 Å². The maximum absolute atomic E-state index is 7.32. The molecule has 0 bridgehead atoms. The van der Waals surface area contributed by atoms with Crippen molar-refractivity contribution in [2.75, 3.05) is 9.80 Å². The lowest BCUT2D eigenvalue weighted by Gasteiger charge is -2.43. The Morgan fingerprint density at radius 2 is 0.721 bits per heavy atom. The molecule has 0 saturated carbocycles. The average molecular weight is 892 g/mol. The molecular formula is C60H37N3O4Si. The fourth-order valence-corrected chi connectivity index (χ4v) is 16.5. The summed E-state index contributed by atoms with van der Waals surface area (Å²) in [4.78, 5) is 4.63. The molecule has 5 heterocycles. The minimum absolute atomic E-state index is 0.809. The number of aromatic nitrogens is 1. The Morgan fingerprint density at radius 1 is 0.309 bits per heavy atom. The van der Waals surface area contributed by atoms with Gasteiger partial charge in [0.25, 0.3) is 0 Å². The number of nitrogens with zero attached hydrogens (tertiary/aromatic N) is 3. The third-order valence-electron chi connectivity index (χ3n) is 14.0. The van der Waals surface area contributed by atoms with E-state index in [2.05, 4.69) is 184 Å². The summed E-state index contributed by atoms with van der Waals surface area (Å²) >= 11 is 0. The van der Waals surface area contributed by atoms with Gasteiger partial charge in [-0.2, -0.15) is 0 Å². The fourth-order valence-electron chi connectivity index (χ4n) is 11.3. The quantitative estimate of drug-likeness (QED) is 0.164. The summed E-state index contributed by atoms with van der Waals surface area (Å²) in [6, 6.07) is 79.3. The van der Waals surface area contributed by atoms with Crippen LogP contribution in [0.3, 0.4) is 0 Å². The molecule has 0 fully saturated rings. The largest absolute Gasteiger partial charge is 0.457 e. The van der Waals surface area contributed by atoms with Crippen molar-refractivity contribution in [3.63, 3.8) is 0 Å². The molecule has 68 heavy (non-hydrogen) atoms. The lowest BCUT2D eigenvalue weighted by Crippen LogP contribution is -2.77. The van der Waals surface area contributed by atoms with Crippen molar-refractivity contribution in [2.24, 2.45) is 0 Å². The minimum Gasteiger partial charge on any atom is -0.457 e. The average Bonchev–Trinajstić information content (AvgIpc) is 3.72. The zero-order chi connectivity index (χ0) is 44.5. The lowest BCUT2D eigenvalue weighted by molar-refractivity contribution is 0.463. The van der Waals surface area contributed by atoms with E-state index in [4.69, 9.17) is 18.9 Å². The Labute approximate surface area is 392 Å². The first-order chi connectivity index (χ1) is 33.7. The molecule has 0 amide bonds. The predicted octanol–water partition coefficient (Wildman–Crippen LogP) is 13.5. The molecule has 1 aromatic heterocycles. The molecular weight excluding hydrogens is 855 g/mol. The highest BCUT2D eigenvalue weighted by Gasteiger charge is 2.54. The zero-order valence-corrected chi connectivity index (χ0v) is 37.3. The topological polar surface area (TPSA) is 48.3 Å². The van der Waals surface area contributed by atoms with E-state index in [0.29, 0.717) is 0 Å². The zero-order valence-electron chi connectivity index (χ0n) is 36.3. The van der Waals surface area contributed by atoms with Crippen molar-refractivity contribution in [2.45, 2.75) is 0 Å². The van der Waals surface area contributed by atoms with Crippen molar-refractivity contribution < 1.29 is 18.9 Å². The molecule has 0 N–H and O–H groups in total. The normalized spacial score (nSPS) is 15.5. The highest BCUT2D eigenvalue weighted by Crippen LogP contribution is 2.54. The number of anilines is 6. The van der Waals surface area contributed by atoms with Gasteiger partial charge in [0.2, 0.25) is 0 Å². The smallest absolute Gasteiger partial charge is 0.197 e. The molecule has 1 unspecified atom stereocenters. The van der Waals surface area contributed by atoms with E-state index in [1.54, 1.807) is 0 Å². The number of hydrogen-bond donors (Lipinski definition) is 0. The number of rotatable bonds is 4. The predicted molar refractivity (Wildman–Crippen MR) is 274 cm³/mol. The highest BCUT2D eigenvalue weighted by molar-refractivity contribution is 7.21. The van der Waals surface area contributed by atoms with Gasteiger partial charge >= 0.3 is 0 Å². The van der Waals surface area contributed by atoms with E-state index in [9.17, 15) is 0 Å². The molecule has 4 aliphatic rings. The molecule has 4 aliphatic heterocycles. The van der Waals surface area contributed by atoms with E-state index in [1.165, 1.54) is 15.6 Å². The van der Waals surface area contributed by atoms with Gasteiger partial charge in [0.05, 0.1) is 39.5 Å². The molecule has 0 saturated heterocycles. The summed E-state index contributed by atoms with van der Waals surface area (Å²) < 4.78 is 29.4. The standard InChI is InChI=1S/C60H37N3O4Si/c1-2-16-40(17-3-1)68-57-30-13-12-27-54(57)66-55-28-15-29-56(60(55)68)67-59-49(22-14-31-58(59)68)63-43-34-32-38(61-45-18-4-8-23-50(45)64-51-24-9-5-19-46(51)61)36-41(43)42-37-39(33-35-44(42)63)62-47-20-6-10-25-52(47)65-53-26-11-7-21-48(53)62/h1-37H. The summed E-state index contributed by atoms with van der Waals surface area (Å²) in [5, 5.41) is 7.00. The second-order valence-electron chi connectivity index (χ2n) is 17.6. The Balaban J connectivity index is 1.02. The first-order valence-electron chi connectivity index (χ1n) is 22.9. The van der Waals surface area contributed by atoms with Crippen LogP contribution in [-0.2, 0) is 0 Å². The summed E-state index contributed by atoms with van der Waals surface area (Å²) in [5.41, 5.74) is 9.04. The highest BCUT2D eigenvalue weighted by atomic mass is 28.3. The first-order valence-corrected chi connectivity index (χ1v) is 24.9. The molecule has 7 nitrogen and oxygen atoms in total. The van der Waals surface area contributed by atoms with Crippen LogP contribution in [0.1, 0.15) is 0 Å². The van der Waals surface area contributed by atoms with E-state index < -0.39 is 8.07 Å². The third kappa shape index (κ3) is 5.06. The molecule has 10 aromatic carbocycles. The third-order valence-corrected chi connectivity index (χ3v) is 18.9. The Hall–Kier alpha value is -8.98. The number of ether oxygens (including phenoxy) is 4. The van der Waals surface area contributed by atoms with E-state index >= 15 is 0 Å². The van der Waals surface area contributed by atoms with Crippen LogP contribution in [0.4, 0.5) is 34.1 Å². The van der Waals surface area contributed by atoms with E-state index in [1.807, 2.05) is 54.6 Å². The molecule has 0 aliphatic carbocycles. The Morgan fingerprint density at radius 3 is 1.28 bits per heavy atom. The molecule has 15 rings (SSSR count). The van der Waals surface area contributed by atoms with Gasteiger partial charge in [-0.05, 0) is 125 Å². The number of benzene rings is 10. The molecule has 8 heteroatoms. The summed E-state index contributed by atoms with van der Waals surface area (Å²) in [7, 11) is -3.03. The maximum Gasteiger partial charge on any atom is 0.197 e. The molecule has 1 atom stereocenters. The first kappa shape index (κ1) is 37.3. The molecule has 11 aromatic rings. The van der Waals surface area contributed by atoms with Crippen LogP contribution >= 0.6 is 0 Å². The summed E-state index contributed by atoms with van der Waals surface area (Å²) in [6.07, 6.45) is 0. The monoisotopic (exact) mass is 891 g/mol. The van der Waals surface area contributed by atoms with Gasteiger partial charge in [-0.3, -0.25) is 0 Å². The van der Waals surface area contributed by atoms with Crippen LogP contribution in [0, 0.1) is 0 Å². The van der Waals surface area contributed by atoms with Crippen LogP contribution in [0.15, 0.2) is 224 Å². The number of fused-ring (bicyclic) bond motifs is 11. The van der Waals surface area contributed by atoms with Crippen molar-refractivity contribution in [3.05, 3.63) is 224 Å². The van der Waals surface area contributed by atoms with Crippen LogP contribution in [0.2, 0.25) is 0 Å². The fraction of sp³-hybridized carbons (Fsp3) is 0. The summed E-state index contributed by atoms with van der Waals surface area (Å²) in [5.74, 6) is 6.65. The van der Waals surface area contributed by atoms with Gasteiger partial charge < -0.3 is 33.3 Å². The van der Waals surface area contributed by atoms with Crippen molar-refractivity contribution in [1.29, 1.82) is 0 Å². The second-order valence-corrected chi connectivity index (χ2v) is 21.2. The van der Waals surface area contributed by atoms with Crippen LogP contribution in [-0.4, -0.2) is 12.6 Å². The number of hydrogen-bond acceptors (Lipinski definition) is 6. The van der Waals surface area contributed by atoms with E-state index in [-0.39, 0.29) is 0 Å². The van der Waals surface area contributed by atoms with Gasteiger partial charge in [0.1, 0.15) is 17.2 Å². The second kappa shape index (κ2) is 14.0. The molecule has 320 valence electrons.